The Morgan fingerprint density at radius 1 is 1.12 bits per heavy atom. The highest BCUT2D eigenvalue weighted by Gasteiger charge is 2.26. The Labute approximate surface area is 159 Å². The van der Waals surface area contributed by atoms with Crippen molar-refractivity contribution in [2.75, 3.05) is 11.4 Å². The zero-order chi connectivity index (χ0) is 18.5. The molecule has 0 fully saturated rings. The molecule has 0 saturated heterocycles. The molecule has 0 radical (unpaired) electrons. The first-order chi connectivity index (χ1) is 12.5. The minimum absolute atomic E-state index is 0.00985. The van der Waals surface area contributed by atoms with Gasteiger partial charge in [0.15, 0.2) is 0 Å². The van der Waals surface area contributed by atoms with E-state index in [0.29, 0.717) is 18.3 Å². The van der Waals surface area contributed by atoms with E-state index in [4.69, 9.17) is 0 Å². The van der Waals surface area contributed by atoms with Crippen molar-refractivity contribution in [1.29, 1.82) is 0 Å². The van der Waals surface area contributed by atoms with E-state index in [1.807, 2.05) is 60.4 Å². The summed E-state index contributed by atoms with van der Waals surface area (Å²) in [5.74, 6) is -0.0787. The second-order valence-corrected chi connectivity index (χ2v) is 8.08. The number of carbonyl (C=O) groups excluding carboxylic acids is 2. The van der Waals surface area contributed by atoms with Gasteiger partial charge in [-0.2, -0.15) is 0 Å². The van der Waals surface area contributed by atoms with E-state index in [0.717, 1.165) is 21.7 Å². The number of para-hydroxylation sites is 1. The summed E-state index contributed by atoms with van der Waals surface area (Å²) >= 11 is 1.79. The van der Waals surface area contributed by atoms with Gasteiger partial charge in [-0.05, 0) is 30.2 Å². The van der Waals surface area contributed by atoms with E-state index in [9.17, 15) is 9.59 Å². The highest BCUT2D eigenvalue weighted by atomic mass is 32.2. The van der Waals surface area contributed by atoms with Gasteiger partial charge in [0.05, 0.1) is 5.69 Å². The SMILES string of the molecule is Cc1ccccc1CNC(=O)CCC(=O)N1C[C@@H](C)Sc2ccccc21. The van der Waals surface area contributed by atoms with E-state index in [2.05, 4.69) is 12.2 Å². The lowest BCUT2D eigenvalue weighted by molar-refractivity contribution is -0.125. The van der Waals surface area contributed by atoms with E-state index in [1.54, 1.807) is 11.8 Å². The minimum atomic E-state index is -0.0886. The number of nitrogens with one attached hydrogen (secondary N) is 1. The molecule has 136 valence electrons. The summed E-state index contributed by atoms with van der Waals surface area (Å²) in [6.07, 6.45) is 0.441. The summed E-state index contributed by atoms with van der Waals surface area (Å²) in [6.45, 7) is 5.33. The quantitative estimate of drug-likeness (QED) is 0.870. The van der Waals surface area contributed by atoms with Crippen molar-refractivity contribution in [2.24, 2.45) is 0 Å². The molecule has 1 aliphatic heterocycles. The second kappa shape index (κ2) is 8.41. The average Bonchev–Trinajstić information content (AvgIpc) is 2.64. The molecule has 0 aliphatic carbocycles. The molecule has 26 heavy (non-hydrogen) atoms. The molecule has 3 rings (SSSR count). The molecule has 0 aromatic heterocycles. The van der Waals surface area contributed by atoms with E-state index in [-0.39, 0.29) is 24.7 Å². The lowest BCUT2D eigenvalue weighted by Crippen LogP contribution is -2.39. The van der Waals surface area contributed by atoms with Gasteiger partial charge >= 0.3 is 0 Å². The first-order valence-electron chi connectivity index (χ1n) is 8.92. The number of rotatable bonds is 5. The molecule has 0 spiro atoms. The van der Waals surface area contributed by atoms with Gasteiger partial charge in [0.25, 0.3) is 0 Å². The number of hydrogen-bond acceptors (Lipinski definition) is 3. The largest absolute Gasteiger partial charge is 0.352 e. The van der Waals surface area contributed by atoms with Gasteiger partial charge in [0.1, 0.15) is 0 Å². The maximum absolute atomic E-state index is 12.7. The normalized spacial score (nSPS) is 16.1. The molecule has 1 atom stereocenters. The van der Waals surface area contributed by atoms with Crippen LogP contribution >= 0.6 is 11.8 Å². The monoisotopic (exact) mass is 368 g/mol. The number of benzene rings is 2. The summed E-state index contributed by atoms with van der Waals surface area (Å²) in [7, 11) is 0. The molecule has 5 heteroatoms. The van der Waals surface area contributed by atoms with Crippen LogP contribution in [0, 0.1) is 6.92 Å². The van der Waals surface area contributed by atoms with Crippen LogP contribution in [0.4, 0.5) is 5.69 Å². The van der Waals surface area contributed by atoms with Crippen molar-refractivity contribution in [3.63, 3.8) is 0 Å². The van der Waals surface area contributed by atoms with Crippen LogP contribution in [0.15, 0.2) is 53.4 Å². The summed E-state index contributed by atoms with van der Waals surface area (Å²) < 4.78 is 0. The van der Waals surface area contributed by atoms with Crippen LogP contribution in [0.5, 0.6) is 0 Å². The van der Waals surface area contributed by atoms with E-state index in [1.165, 1.54) is 0 Å². The van der Waals surface area contributed by atoms with Crippen LogP contribution in [0.25, 0.3) is 0 Å². The molecule has 1 aliphatic rings. The number of hydrogen-bond donors (Lipinski definition) is 1. The molecule has 1 N–H and O–H groups in total. The van der Waals surface area contributed by atoms with Crippen molar-refractivity contribution in [3.05, 3.63) is 59.7 Å². The topological polar surface area (TPSA) is 49.4 Å². The first kappa shape index (κ1) is 18.5. The zero-order valence-corrected chi connectivity index (χ0v) is 16.0. The third-order valence-corrected chi connectivity index (χ3v) is 5.68. The molecule has 2 amide bonds. The van der Waals surface area contributed by atoms with Crippen LogP contribution in [0.3, 0.4) is 0 Å². The molecular formula is C21H24N2O2S. The molecule has 0 bridgehead atoms. The maximum Gasteiger partial charge on any atom is 0.227 e. The molecule has 0 saturated carbocycles. The highest BCUT2D eigenvalue weighted by Crippen LogP contribution is 2.38. The Kier molecular flexibility index (Phi) is 5.99. The average molecular weight is 369 g/mol. The molecule has 2 aromatic rings. The van der Waals surface area contributed by atoms with Crippen LogP contribution < -0.4 is 10.2 Å². The van der Waals surface area contributed by atoms with Crippen LogP contribution in [-0.2, 0) is 16.1 Å². The molecule has 1 heterocycles. The fourth-order valence-corrected chi connectivity index (χ4v) is 4.18. The lowest BCUT2D eigenvalue weighted by atomic mass is 10.1. The van der Waals surface area contributed by atoms with Crippen molar-refractivity contribution in [1.82, 2.24) is 5.32 Å². The number of thioether (sulfide) groups is 1. The van der Waals surface area contributed by atoms with Gasteiger partial charge in [0.2, 0.25) is 11.8 Å². The van der Waals surface area contributed by atoms with Gasteiger partial charge in [-0.15, -0.1) is 11.8 Å². The van der Waals surface area contributed by atoms with Gasteiger partial charge in [-0.25, -0.2) is 0 Å². The standard InChI is InChI=1S/C21H24N2O2S/c1-15-7-3-4-8-17(15)13-22-20(24)11-12-21(25)23-14-16(2)26-19-10-6-5-9-18(19)23/h3-10,16H,11-14H2,1-2H3,(H,22,24)/t16-/m1/s1. The van der Waals surface area contributed by atoms with E-state index >= 15 is 0 Å². The smallest absolute Gasteiger partial charge is 0.227 e. The summed E-state index contributed by atoms with van der Waals surface area (Å²) in [4.78, 5) is 27.8. The zero-order valence-electron chi connectivity index (χ0n) is 15.2. The number of nitrogens with zero attached hydrogens (tertiary/aromatic N) is 1. The molecule has 4 nitrogen and oxygen atoms in total. The summed E-state index contributed by atoms with van der Waals surface area (Å²) in [5, 5.41) is 3.26. The molecular weight excluding hydrogens is 344 g/mol. The maximum atomic E-state index is 12.7. The highest BCUT2D eigenvalue weighted by molar-refractivity contribution is 8.00. The van der Waals surface area contributed by atoms with Crippen molar-refractivity contribution < 1.29 is 9.59 Å². The van der Waals surface area contributed by atoms with Crippen molar-refractivity contribution in [3.8, 4) is 0 Å². The van der Waals surface area contributed by atoms with Gasteiger partial charge < -0.3 is 10.2 Å². The third kappa shape index (κ3) is 4.47. The summed E-state index contributed by atoms with van der Waals surface area (Å²) in [5.41, 5.74) is 3.21. The molecule has 0 unspecified atom stereocenters. The number of fused-ring (bicyclic) bond motifs is 1. The Balaban J connectivity index is 1.54. The molecule has 2 aromatic carbocycles. The number of carbonyl (C=O) groups is 2. The Morgan fingerprint density at radius 2 is 1.85 bits per heavy atom. The van der Waals surface area contributed by atoms with E-state index < -0.39 is 0 Å². The summed E-state index contributed by atoms with van der Waals surface area (Å²) in [6, 6.07) is 15.9. The van der Waals surface area contributed by atoms with Crippen molar-refractivity contribution >= 4 is 29.3 Å². The second-order valence-electron chi connectivity index (χ2n) is 6.60. The lowest BCUT2D eigenvalue weighted by Gasteiger charge is -2.32. The van der Waals surface area contributed by atoms with Crippen LogP contribution in [0.1, 0.15) is 30.9 Å². The Morgan fingerprint density at radius 3 is 2.65 bits per heavy atom. The van der Waals surface area contributed by atoms with Crippen LogP contribution in [-0.4, -0.2) is 23.6 Å². The van der Waals surface area contributed by atoms with Gasteiger partial charge in [-0.3, -0.25) is 9.59 Å². The predicted octanol–water partition coefficient (Wildman–Crippen LogP) is 3.92. The fraction of sp³-hybridized carbons (Fsp3) is 0.333. The minimum Gasteiger partial charge on any atom is -0.352 e. The van der Waals surface area contributed by atoms with Crippen LogP contribution in [0.2, 0.25) is 0 Å². The fourth-order valence-electron chi connectivity index (χ4n) is 3.07. The van der Waals surface area contributed by atoms with Gasteiger partial charge in [0, 0.05) is 36.1 Å². The van der Waals surface area contributed by atoms with Gasteiger partial charge in [-0.1, -0.05) is 43.3 Å². The van der Waals surface area contributed by atoms with Crippen molar-refractivity contribution in [2.45, 2.75) is 43.4 Å². The first-order valence-corrected chi connectivity index (χ1v) is 9.80. The Bertz CT molecular complexity index is 806. The number of anilines is 1. The number of amides is 2. The third-order valence-electron chi connectivity index (χ3n) is 4.53. The Hall–Kier alpha value is -2.27. The predicted molar refractivity (Wildman–Crippen MR) is 106 cm³/mol. The number of aryl methyl sites for hydroxylation is 1.